The molecule has 0 aliphatic carbocycles. The van der Waals surface area contributed by atoms with E-state index in [1.165, 1.54) is 6.20 Å². The summed E-state index contributed by atoms with van der Waals surface area (Å²) in [6, 6.07) is 0. The van der Waals surface area contributed by atoms with Crippen molar-refractivity contribution in [1.29, 1.82) is 0 Å². The monoisotopic (exact) mass is 182 g/mol. The number of nitrogens with zero attached hydrogens (tertiary/aromatic N) is 2. The van der Waals surface area contributed by atoms with Crippen LogP contribution in [0.5, 0.6) is 5.88 Å². The maximum atomic E-state index is 11.1. The summed E-state index contributed by atoms with van der Waals surface area (Å²) >= 11 is 0. The van der Waals surface area contributed by atoms with Crippen LogP contribution < -0.4 is 0 Å². The molecule has 0 amide bonds. The molecular formula is C8H10N2O3. The fourth-order valence-electron chi connectivity index (χ4n) is 0.807. The number of carbonyl (C=O) groups excluding carboxylic acids is 1. The second-order valence-corrected chi connectivity index (χ2v) is 2.40. The molecule has 0 saturated carbocycles. The van der Waals surface area contributed by atoms with Gasteiger partial charge in [0.05, 0.1) is 18.5 Å². The van der Waals surface area contributed by atoms with Crippen LogP contribution in [0, 0.1) is 6.92 Å². The number of hydrogen-bond donors (Lipinski definition) is 1. The van der Waals surface area contributed by atoms with Gasteiger partial charge in [-0.3, -0.25) is 0 Å². The number of ether oxygens (including phenoxy) is 1. The number of hydrogen-bond acceptors (Lipinski definition) is 5. The Labute approximate surface area is 75.4 Å². The maximum absolute atomic E-state index is 11.1. The zero-order valence-corrected chi connectivity index (χ0v) is 7.44. The van der Waals surface area contributed by atoms with Gasteiger partial charge in [0.2, 0.25) is 11.6 Å². The third-order valence-electron chi connectivity index (χ3n) is 1.34. The standard InChI is InChI=1S/C8H10N2O3/c1-3-13-8(12)6-7(11)9-4-5(2)10-6/h4H,3H2,1-2H3,(H,9,11). The zero-order chi connectivity index (χ0) is 9.84. The van der Waals surface area contributed by atoms with Gasteiger partial charge in [0.25, 0.3) is 0 Å². The summed E-state index contributed by atoms with van der Waals surface area (Å²) in [5.41, 5.74) is 0.419. The molecule has 5 nitrogen and oxygen atoms in total. The summed E-state index contributed by atoms with van der Waals surface area (Å²) in [4.78, 5) is 18.5. The summed E-state index contributed by atoms with van der Waals surface area (Å²) in [6.07, 6.45) is 1.37. The molecule has 0 fully saturated rings. The van der Waals surface area contributed by atoms with E-state index >= 15 is 0 Å². The molecule has 1 rings (SSSR count). The lowest BCUT2D eigenvalue weighted by Gasteiger charge is -2.02. The third kappa shape index (κ3) is 2.14. The topological polar surface area (TPSA) is 72.3 Å². The molecule has 0 atom stereocenters. The molecule has 0 bridgehead atoms. The molecule has 13 heavy (non-hydrogen) atoms. The largest absolute Gasteiger partial charge is 0.492 e. The number of aromatic nitrogens is 2. The van der Waals surface area contributed by atoms with Crippen LogP contribution >= 0.6 is 0 Å². The van der Waals surface area contributed by atoms with E-state index in [-0.39, 0.29) is 12.3 Å². The summed E-state index contributed by atoms with van der Waals surface area (Å²) in [7, 11) is 0. The fraction of sp³-hybridized carbons (Fsp3) is 0.375. The highest BCUT2D eigenvalue weighted by Gasteiger charge is 2.15. The number of aryl methyl sites for hydroxylation is 1. The van der Waals surface area contributed by atoms with Crippen molar-refractivity contribution in [3.05, 3.63) is 17.6 Å². The lowest BCUT2D eigenvalue weighted by molar-refractivity contribution is 0.0514. The van der Waals surface area contributed by atoms with Gasteiger partial charge in [-0.1, -0.05) is 0 Å². The highest BCUT2D eigenvalue weighted by Crippen LogP contribution is 2.11. The molecule has 0 spiro atoms. The van der Waals surface area contributed by atoms with Gasteiger partial charge in [-0.2, -0.15) is 0 Å². The fourth-order valence-corrected chi connectivity index (χ4v) is 0.807. The van der Waals surface area contributed by atoms with Crippen molar-refractivity contribution in [2.45, 2.75) is 13.8 Å². The van der Waals surface area contributed by atoms with Crippen LogP contribution in [0.25, 0.3) is 0 Å². The maximum Gasteiger partial charge on any atom is 0.362 e. The predicted molar refractivity (Wildman–Crippen MR) is 44.4 cm³/mol. The van der Waals surface area contributed by atoms with Gasteiger partial charge in [-0.05, 0) is 13.8 Å². The van der Waals surface area contributed by atoms with Gasteiger partial charge in [0.1, 0.15) is 0 Å². The van der Waals surface area contributed by atoms with Crippen LogP contribution in [0.2, 0.25) is 0 Å². The average Bonchev–Trinajstić information content (AvgIpc) is 2.09. The van der Waals surface area contributed by atoms with E-state index in [0.717, 1.165) is 0 Å². The average molecular weight is 182 g/mol. The molecule has 1 N–H and O–H groups in total. The molecule has 1 heterocycles. The van der Waals surface area contributed by atoms with Crippen molar-refractivity contribution in [3.63, 3.8) is 0 Å². The molecule has 70 valence electrons. The number of carbonyl (C=O) groups is 1. The van der Waals surface area contributed by atoms with Gasteiger partial charge in [-0.15, -0.1) is 0 Å². The second-order valence-electron chi connectivity index (χ2n) is 2.40. The van der Waals surface area contributed by atoms with E-state index < -0.39 is 11.8 Å². The van der Waals surface area contributed by atoms with Crippen LogP contribution in [-0.4, -0.2) is 27.7 Å². The Hall–Kier alpha value is -1.65. The van der Waals surface area contributed by atoms with Crippen LogP contribution in [0.15, 0.2) is 6.20 Å². The van der Waals surface area contributed by atoms with E-state index in [4.69, 9.17) is 5.11 Å². The van der Waals surface area contributed by atoms with Gasteiger partial charge in [0.15, 0.2) is 0 Å². The van der Waals surface area contributed by atoms with E-state index in [2.05, 4.69) is 14.7 Å². The minimum Gasteiger partial charge on any atom is -0.492 e. The minimum atomic E-state index is -0.656. The van der Waals surface area contributed by atoms with Crippen molar-refractivity contribution in [1.82, 2.24) is 9.97 Å². The molecule has 0 unspecified atom stereocenters. The second kappa shape index (κ2) is 3.84. The molecule has 0 aliphatic rings. The quantitative estimate of drug-likeness (QED) is 0.680. The molecule has 0 saturated heterocycles. The number of esters is 1. The summed E-state index contributed by atoms with van der Waals surface area (Å²) in [5.74, 6) is -1.06. The molecule has 5 heteroatoms. The summed E-state index contributed by atoms with van der Waals surface area (Å²) in [6.45, 7) is 3.60. The highest BCUT2D eigenvalue weighted by molar-refractivity contribution is 5.89. The Morgan fingerprint density at radius 2 is 2.38 bits per heavy atom. The lowest BCUT2D eigenvalue weighted by Crippen LogP contribution is -2.08. The first-order chi connectivity index (χ1) is 6.15. The zero-order valence-electron chi connectivity index (χ0n) is 7.44. The van der Waals surface area contributed by atoms with E-state index in [1.807, 2.05) is 0 Å². The van der Waals surface area contributed by atoms with Crippen molar-refractivity contribution in [2.75, 3.05) is 6.61 Å². The molecule has 1 aromatic heterocycles. The first kappa shape index (κ1) is 9.44. The molecule has 0 aromatic carbocycles. The van der Waals surface area contributed by atoms with Crippen molar-refractivity contribution in [3.8, 4) is 5.88 Å². The lowest BCUT2D eigenvalue weighted by atomic mass is 10.4. The summed E-state index contributed by atoms with van der Waals surface area (Å²) in [5, 5.41) is 9.16. The van der Waals surface area contributed by atoms with Gasteiger partial charge in [0, 0.05) is 0 Å². The van der Waals surface area contributed by atoms with Crippen molar-refractivity contribution < 1.29 is 14.6 Å². The smallest absolute Gasteiger partial charge is 0.362 e. The minimum absolute atomic E-state index is 0.137. The van der Waals surface area contributed by atoms with E-state index in [0.29, 0.717) is 5.69 Å². The highest BCUT2D eigenvalue weighted by atomic mass is 16.5. The van der Waals surface area contributed by atoms with Crippen LogP contribution in [-0.2, 0) is 4.74 Å². The van der Waals surface area contributed by atoms with E-state index in [9.17, 15) is 4.79 Å². The Bertz CT molecular complexity index is 325. The van der Waals surface area contributed by atoms with Crippen molar-refractivity contribution >= 4 is 5.97 Å². The molecule has 0 radical (unpaired) electrons. The Balaban J connectivity index is 2.99. The Kier molecular flexibility index (Phi) is 2.79. The SMILES string of the molecule is CCOC(=O)c1nc(C)cnc1O. The number of aromatic hydroxyl groups is 1. The van der Waals surface area contributed by atoms with Crippen LogP contribution in [0.3, 0.4) is 0 Å². The first-order valence-electron chi connectivity index (χ1n) is 3.85. The normalized spacial score (nSPS) is 9.69. The summed E-state index contributed by atoms with van der Waals surface area (Å²) < 4.78 is 4.66. The van der Waals surface area contributed by atoms with Crippen LogP contribution in [0.1, 0.15) is 23.1 Å². The van der Waals surface area contributed by atoms with Gasteiger partial charge in [-0.25, -0.2) is 14.8 Å². The predicted octanol–water partition coefficient (Wildman–Crippen LogP) is 0.667. The molecular weight excluding hydrogens is 172 g/mol. The van der Waals surface area contributed by atoms with Crippen molar-refractivity contribution in [2.24, 2.45) is 0 Å². The van der Waals surface area contributed by atoms with Gasteiger partial charge < -0.3 is 9.84 Å². The Morgan fingerprint density at radius 1 is 1.69 bits per heavy atom. The van der Waals surface area contributed by atoms with Gasteiger partial charge >= 0.3 is 5.97 Å². The number of rotatable bonds is 2. The third-order valence-corrected chi connectivity index (χ3v) is 1.34. The first-order valence-corrected chi connectivity index (χ1v) is 3.85. The molecule has 1 aromatic rings. The molecule has 0 aliphatic heterocycles. The Morgan fingerprint density at radius 3 is 3.00 bits per heavy atom. The van der Waals surface area contributed by atoms with E-state index in [1.54, 1.807) is 13.8 Å². The van der Waals surface area contributed by atoms with Crippen LogP contribution in [0.4, 0.5) is 0 Å².